The van der Waals surface area contributed by atoms with E-state index in [2.05, 4.69) is 15.3 Å². The number of rotatable bonds is 5. The standard InChI is InChI=1S/C21H14Cl3N3O3/c22-12-7-13(23)18(14(24)8-12)20-26-15(19-16(27-20)9-25-21(19)30)5-10-1-3-11(4-2-10)6-17(28)29/h1-4,7-8H,5-6,9H2,(H,25,30)(H,28,29). The van der Waals surface area contributed by atoms with Crippen LogP contribution in [0.3, 0.4) is 0 Å². The van der Waals surface area contributed by atoms with E-state index in [1.165, 1.54) is 0 Å². The summed E-state index contributed by atoms with van der Waals surface area (Å²) in [6.07, 6.45) is 0.310. The minimum absolute atomic E-state index is 0.0523. The molecule has 2 aromatic carbocycles. The molecule has 0 bridgehead atoms. The second-order valence-corrected chi connectivity index (χ2v) is 8.06. The summed E-state index contributed by atoms with van der Waals surface area (Å²) >= 11 is 18.7. The summed E-state index contributed by atoms with van der Waals surface area (Å²) in [6, 6.07) is 10.3. The number of hydrogen-bond acceptors (Lipinski definition) is 4. The predicted molar refractivity (Wildman–Crippen MR) is 114 cm³/mol. The van der Waals surface area contributed by atoms with E-state index in [-0.39, 0.29) is 18.9 Å². The number of benzene rings is 2. The zero-order valence-electron chi connectivity index (χ0n) is 15.4. The third-order valence-electron chi connectivity index (χ3n) is 4.68. The third kappa shape index (κ3) is 4.12. The van der Waals surface area contributed by atoms with Crippen molar-refractivity contribution in [2.75, 3.05) is 0 Å². The molecule has 30 heavy (non-hydrogen) atoms. The molecular weight excluding hydrogens is 449 g/mol. The molecule has 0 spiro atoms. The van der Waals surface area contributed by atoms with Crippen molar-refractivity contribution < 1.29 is 14.7 Å². The molecule has 0 aliphatic carbocycles. The molecule has 6 nitrogen and oxygen atoms in total. The van der Waals surface area contributed by atoms with Gasteiger partial charge in [0.15, 0.2) is 5.82 Å². The van der Waals surface area contributed by atoms with Crippen LogP contribution in [0.2, 0.25) is 15.1 Å². The summed E-state index contributed by atoms with van der Waals surface area (Å²) in [4.78, 5) is 32.3. The van der Waals surface area contributed by atoms with E-state index in [1.807, 2.05) is 12.1 Å². The van der Waals surface area contributed by atoms with E-state index in [1.54, 1.807) is 24.3 Å². The van der Waals surface area contributed by atoms with Gasteiger partial charge in [-0.25, -0.2) is 9.97 Å². The highest BCUT2D eigenvalue weighted by Gasteiger charge is 2.27. The van der Waals surface area contributed by atoms with Crippen LogP contribution in [0.4, 0.5) is 0 Å². The lowest BCUT2D eigenvalue weighted by Gasteiger charge is -2.12. The number of hydrogen-bond donors (Lipinski definition) is 2. The number of fused-ring (bicyclic) bond motifs is 1. The molecule has 0 fully saturated rings. The highest BCUT2D eigenvalue weighted by atomic mass is 35.5. The largest absolute Gasteiger partial charge is 0.481 e. The monoisotopic (exact) mass is 461 g/mol. The number of nitrogens with one attached hydrogen (secondary N) is 1. The molecule has 1 amide bonds. The zero-order chi connectivity index (χ0) is 21.4. The van der Waals surface area contributed by atoms with Gasteiger partial charge in [0.1, 0.15) is 0 Å². The molecule has 0 radical (unpaired) electrons. The van der Waals surface area contributed by atoms with Gasteiger partial charge < -0.3 is 10.4 Å². The van der Waals surface area contributed by atoms with Crippen molar-refractivity contribution in [3.63, 3.8) is 0 Å². The maximum Gasteiger partial charge on any atom is 0.307 e. The van der Waals surface area contributed by atoms with E-state index >= 15 is 0 Å². The normalized spacial score (nSPS) is 12.6. The topological polar surface area (TPSA) is 92.2 Å². The number of carboxylic acids is 1. The van der Waals surface area contributed by atoms with Crippen molar-refractivity contribution in [1.29, 1.82) is 0 Å². The van der Waals surface area contributed by atoms with Gasteiger partial charge in [-0.05, 0) is 23.3 Å². The van der Waals surface area contributed by atoms with Gasteiger partial charge in [-0.1, -0.05) is 59.1 Å². The van der Waals surface area contributed by atoms with Gasteiger partial charge in [-0.2, -0.15) is 0 Å². The molecule has 0 saturated carbocycles. The number of nitrogens with zero attached hydrogens (tertiary/aromatic N) is 2. The van der Waals surface area contributed by atoms with Gasteiger partial charge in [0.2, 0.25) is 0 Å². The van der Waals surface area contributed by atoms with Gasteiger partial charge in [0, 0.05) is 11.4 Å². The summed E-state index contributed by atoms with van der Waals surface area (Å²) in [5.74, 6) is -0.814. The van der Waals surface area contributed by atoms with Crippen LogP contribution < -0.4 is 5.32 Å². The van der Waals surface area contributed by atoms with Crippen molar-refractivity contribution in [1.82, 2.24) is 15.3 Å². The lowest BCUT2D eigenvalue weighted by atomic mass is 10.0. The van der Waals surface area contributed by atoms with Crippen molar-refractivity contribution >= 4 is 46.7 Å². The van der Waals surface area contributed by atoms with Crippen LogP contribution in [0.1, 0.15) is 32.9 Å². The molecule has 152 valence electrons. The quantitative estimate of drug-likeness (QED) is 0.580. The molecule has 4 rings (SSSR count). The molecule has 2 heterocycles. The maximum absolute atomic E-state index is 12.4. The van der Waals surface area contributed by atoms with Gasteiger partial charge in [-0.15, -0.1) is 0 Å². The maximum atomic E-state index is 12.4. The number of aliphatic carboxylic acids is 1. The molecule has 2 N–H and O–H groups in total. The minimum Gasteiger partial charge on any atom is -0.481 e. The Morgan fingerprint density at radius 2 is 1.63 bits per heavy atom. The summed E-state index contributed by atoms with van der Waals surface area (Å²) in [5, 5.41) is 12.7. The van der Waals surface area contributed by atoms with Crippen LogP contribution in [0.5, 0.6) is 0 Å². The van der Waals surface area contributed by atoms with Crippen LogP contribution in [-0.2, 0) is 24.2 Å². The van der Waals surface area contributed by atoms with Crippen molar-refractivity contribution in [2.24, 2.45) is 0 Å². The third-order valence-corrected chi connectivity index (χ3v) is 5.50. The highest BCUT2D eigenvalue weighted by molar-refractivity contribution is 6.41. The average Bonchev–Trinajstić information content (AvgIpc) is 3.03. The fourth-order valence-corrected chi connectivity index (χ4v) is 4.33. The molecule has 0 atom stereocenters. The number of carboxylic acid groups (broad SMARTS) is 1. The number of amides is 1. The van der Waals surface area contributed by atoms with Gasteiger partial charge >= 0.3 is 5.97 Å². The SMILES string of the molecule is O=C(O)Cc1ccc(Cc2nc(-c3c(Cl)cc(Cl)cc3Cl)nc3c2C(=O)NC3)cc1. The highest BCUT2D eigenvalue weighted by Crippen LogP contribution is 2.36. The first-order valence-corrected chi connectivity index (χ1v) is 10.1. The van der Waals surface area contributed by atoms with Gasteiger partial charge in [0.05, 0.1) is 45.5 Å². The fraction of sp³-hybridized carbons (Fsp3) is 0.143. The van der Waals surface area contributed by atoms with Crippen LogP contribution in [0, 0.1) is 0 Å². The molecule has 0 saturated heterocycles. The summed E-state index contributed by atoms with van der Waals surface area (Å²) in [5.41, 5.74) is 3.57. The molecule has 9 heteroatoms. The number of halogens is 3. The van der Waals surface area contributed by atoms with Gasteiger partial charge in [-0.3, -0.25) is 9.59 Å². The molecule has 0 unspecified atom stereocenters. The smallest absolute Gasteiger partial charge is 0.307 e. The molecule has 3 aromatic rings. The van der Waals surface area contributed by atoms with E-state index in [0.717, 1.165) is 5.56 Å². The minimum atomic E-state index is -0.894. The summed E-state index contributed by atoms with van der Waals surface area (Å²) in [7, 11) is 0. The first-order valence-electron chi connectivity index (χ1n) is 8.94. The van der Waals surface area contributed by atoms with Gasteiger partial charge in [0.25, 0.3) is 5.91 Å². The summed E-state index contributed by atoms with van der Waals surface area (Å²) in [6.45, 7) is 0.289. The van der Waals surface area contributed by atoms with E-state index in [0.29, 0.717) is 55.4 Å². The second-order valence-electron chi connectivity index (χ2n) is 6.81. The molecule has 1 aromatic heterocycles. The van der Waals surface area contributed by atoms with Crippen molar-refractivity contribution in [3.8, 4) is 11.4 Å². The van der Waals surface area contributed by atoms with Crippen molar-refractivity contribution in [3.05, 3.63) is 79.5 Å². The lowest BCUT2D eigenvalue weighted by molar-refractivity contribution is -0.136. The Morgan fingerprint density at radius 1 is 1.00 bits per heavy atom. The first kappa shape index (κ1) is 20.6. The summed E-state index contributed by atoms with van der Waals surface area (Å²) < 4.78 is 0. The van der Waals surface area contributed by atoms with Crippen molar-refractivity contribution in [2.45, 2.75) is 19.4 Å². The Bertz CT molecular complexity index is 1160. The Hall–Kier alpha value is -2.67. The lowest BCUT2D eigenvalue weighted by Crippen LogP contribution is -2.14. The molecule has 1 aliphatic heterocycles. The number of carbonyl (C=O) groups is 2. The number of carbonyl (C=O) groups excluding carboxylic acids is 1. The Balaban J connectivity index is 1.76. The molecular formula is C21H14Cl3N3O3. The first-order chi connectivity index (χ1) is 14.3. The average molecular weight is 463 g/mol. The van der Waals surface area contributed by atoms with E-state index < -0.39 is 5.97 Å². The Morgan fingerprint density at radius 3 is 2.27 bits per heavy atom. The van der Waals surface area contributed by atoms with Crippen LogP contribution in [0.15, 0.2) is 36.4 Å². The predicted octanol–water partition coefficient (Wildman–Crippen LogP) is 4.57. The number of aromatic nitrogens is 2. The Kier molecular flexibility index (Phi) is 5.64. The van der Waals surface area contributed by atoms with Crippen LogP contribution in [0.25, 0.3) is 11.4 Å². The van der Waals surface area contributed by atoms with E-state index in [9.17, 15) is 9.59 Å². The Labute approximate surface area is 186 Å². The van der Waals surface area contributed by atoms with Crippen LogP contribution in [-0.4, -0.2) is 27.0 Å². The fourth-order valence-electron chi connectivity index (χ4n) is 3.34. The van der Waals surface area contributed by atoms with Crippen LogP contribution >= 0.6 is 34.8 Å². The second kappa shape index (κ2) is 8.22. The van der Waals surface area contributed by atoms with E-state index in [4.69, 9.17) is 39.9 Å². The zero-order valence-corrected chi connectivity index (χ0v) is 17.6. The molecule has 1 aliphatic rings.